The maximum Gasteiger partial charge on any atom is 0.416 e. The van der Waals surface area contributed by atoms with Crippen molar-refractivity contribution in [2.24, 2.45) is 0 Å². The van der Waals surface area contributed by atoms with Crippen LogP contribution in [0.15, 0.2) is 53.6 Å². The molecule has 1 saturated heterocycles. The number of aromatic nitrogens is 4. The van der Waals surface area contributed by atoms with Crippen molar-refractivity contribution in [1.29, 1.82) is 0 Å². The van der Waals surface area contributed by atoms with Gasteiger partial charge in [0, 0.05) is 30.9 Å². The number of aromatic amines is 1. The van der Waals surface area contributed by atoms with Crippen LogP contribution >= 0.6 is 0 Å². The summed E-state index contributed by atoms with van der Waals surface area (Å²) in [7, 11) is 0. The molecule has 2 N–H and O–H groups in total. The van der Waals surface area contributed by atoms with Crippen molar-refractivity contribution in [2.75, 3.05) is 13.1 Å². The minimum Gasteiger partial charge on any atom is -0.370 e. The second kappa shape index (κ2) is 7.80. The van der Waals surface area contributed by atoms with Crippen LogP contribution < -0.4 is 10.9 Å². The maximum absolute atomic E-state index is 12.7. The summed E-state index contributed by atoms with van der Waals surface area (Å²) < 4.78 is 45.6. The Morgan fingerprint density at radius 3 is 2.69 bits per heavy atom. The highest BCUT2D eigenvalue weighted by atomic mass is 19.4. The molecular formula is C19H18F3N5O2. The predicted molar refractivity (Wildman–Crippen MR) is 98.0 cm³/mol. The van der Waals surface area contributed by atoms with Gasteiger partial charge in [-0.25, -0.2) is 4.68 Å². The largest absolute Gasteiger partial charge is 0.416 e. The molecular weight excluding hydrogens is 387 g/mol. The average Bonchev–Trinajstić information content (AvgIpc) is 3.35. The SMILES string of the molecule is O=c1cc(-c2cn(C3CNCC3OCc3ccc(C(F)(F)F)cc3)nn2)cc[nH]1. The van der Waals surface area contributed by atoms with E-state index in [1.165, 1.54) is 18.2 Å². The summed E-state index contributed by atoms with van der Waals surface area (Å²) in [5.41, 5.74) is 0.984. The van der Waals surface area contributed by atoms with Gasteiger partial charge >= 0.3 is 6.18 Å². The monoisotopic (exact) mass is 405 g/mol. The molecule has 0 saturated carbocycles. The zero-order valence-corrected chi connectivity index (χ0v) is 15.2. The van der Waals surface area contributed by atoms with Crippen LogP contribution in [-0.2, 0) is 17.5 Å². The quantitative estimate of drug-likeness (QED) is 0.681. The molecule has 152 valence electrons. The van der Waals surface area contributed by atoms with Crippen molar-refractivity contribution in [3.8, 4) is 11.3 Å². The molecule has 0 aliphatic carbocycles. The van der Waals surface area contributed by atoms with Crippen LogP contribution in [0.5, 0.6) is 0 Å². The van der Waals surface area contributed by atoms with Gasteiger partial charge in [-0.15, -0.1) is 5.10 Å². The summed E-state index contributed by atoms with van der Waals surface area (Å²) in [6, 6.07) is 8.00. The van der Waals surface area contributed by atoms with Crippen molar-refractivity contribution < 1.29 is 17.9 Å². The highest BCUT2D eigenvalue weighted by molar-refractivity contribution is 5.56. The molecule has 0 amide bonds. The molecule has 2 unspecified atom stereocenters. The fourth-order valence-electron chi connectivity index (χ4n) is 3.24. The van der Waals surface area contributed by atoms with E-state index in [2.05, 4.69) is 20.6 Å². The third kappa shape index (κ3) is 4.38. The highest BCUT2D eigenvalue weighted by Gasteiger charge is 2.31. The Morgan fingerprint density at radius 1 is 1.17 bits per heavy atom. The van der Waals surface area contributed by atoms with Crippen molar-refractivity contribution >= 4 is 0 Å². The zero-order valence-electron chi connectivity index (χ0n) is 15.2. The number of hydrogen-bond donors (Lipinski definition) is 2. The van der Waals surface area contributed by atoms with E-state index >= 15 is 0 Å². The lowest BCUT2D eigenvalue weighted by Crippen LogP contribution is -2.26. The summed E-state index contributed by atoms with van der Waals surface area (Å²) in [5.74, 6) is 0. The molecule has 1 aliphatic rings. The Labute approximate surface area is 163 Å². The number of rotatable bonds is 5. The standard InChI is InChI=1S/C19H18F3N5O2/c20-19(21,22)14-3-1-12(2-4-14)11-29-17-9-23-8-16(17)27-10-15(25-26-27)13-5-6-24-18(28)7-13/h1-7,10,16-17,23H,8-9,11H2,(H,24,28). The van der Waals surface area contributed by atoms with Crippen LogP contribution in [0.25, 0.3) is 11.3 Å². The van der Waals surface area contributed by atoms with Gasteiger partial charge in [0.1, 0.15) is 5.69 Å². The highest BCUT2D eigenvalue weighted by Crippen LogP contribution is 2.29. The molecule has 2 atom stereocenters. The Balaban J connectivity index is 1.43. The molecule has 4 rings (SSSR count). The second-order valence-electron chi connectivity index (χ2n) is 6.80. The number of nitrogens with zero attached hydrogens (tertiary/aromatic N) is 3. The third-order valence-corrected chi connectivity index (χ3v) is 4.79. The van der Waals surface area contributed by atoms with Crippen molar-refractivity contribution in [3.63, 3.8) is 0 Å². The summed E-state index contributed by atoms with van der Waals surface area (Å²) >= 11 is 0. The van der Waals surface area contributed by atoms with Gasteiger partial charge in [-0.3, -0.25) is 4.79 Å². The van der Waals surface area contributed by atoms with E-state index in [1.54, 1.807) is 23.1 Å². The molecule has 2 aromatic heterocycles. The first-order valence-corrected chi connectivity index (χ1v) is 8.99. The van der Waals surface area contributed by atoms with Crippen molar-refractivity contribution in [2.45, 2.75) is 24.9 Å². The minimum atomic E-state index is -4.35. The number of H-pyrrole nitrogens is 1. The van der Waals surface area contributed by atoms with Gasteiger partial charge in [0.15, 0.2) is 0 Å². The van der Waals surface area contributed by atoms with Crippen LogP contribution in [0, 0.1) is 0 Å². The molecule has 0 radical (unpaired) electrons. The Morgan fingerprint density at radius 2 is 1.97 bits per heavy atom. The zero-order chi connectivity index (χ0) is 20.4. The van der Waals surface area contributed by atoms with Gasteiger partial charge in [0.05, 0.1) is 30.5 Å². The number of hydrogen-bond acceptors (Lipinski definition) is 5. The van der Waals surface area contributed by atoms with Gasteiger partial charge in [-0.2, -0.15) is 13.2 Å². The van der Waals surface area contributed by atoms with E-state index in [-0.39, 0.29) is 24.3 Å². The van der Waals surface area contributed by atoms with Crippen LogP contribution in [0.3, 0.4) is 0 Å². The van der Waals surface area contributed by atoms with Crippen LogP contribution in [0.2, 0.25) is 0 Å². The first kappa shape index (κ1) is 19.3. The van der Waals surface area contributed by atoms with E-state index < -0.39 is 11.7 Å². The maximum atomic E-state index is 12.7. The summed E-state index contributed by atoms with van der Waals surface area (Å²) in [5, 5.41) is 11.5. The molecule has 1 aromatic carbocycles. The molecule has 3 heterocycles. The fraction of sp³-hybridized carbons (Fsp3) is 0.316. The second-order valence-corrected chi connectivity index (χ2v) is 6.80. The van der Waals surface area contributed by atoms with Crippen LogP contribution in [-0.4, -0.2) is 39.2 Å². The first-order chi connectivity index (χ1) is 13.9. The van der Waals surface area contributed by atoms with Crippen LogP contribution in [0.4, 0.5) is 13.2 Å². The number of ether oxygens (including phenoxy) is 1. The van der Waals surface area contributed by atoms with E-state index in [0.717, 1.165) is 12.1 Å². The minimum absolute atomic E-state index is 0.118. The molecule has 3 aromatic rings. The fourth-order valence-corrected chi connectivity index (χ4v) is 3.24. The number of nitrogens with one attached hydrogen (secondary N) is 2. The summed E-state index contributed by atoms with van der Waals surface area (Å²) in [4.78, 5) is 14.0. The van der Waals surface area contributed by atoms with Gasteiger partial charge in [-0.1, -0.05) is 17.3 Å². The molecule has 29 heavy (non-hydrogen) atoms. The predicted octanol–water partition coefficient (Wildman–Crippen LogP) is 2.38. The lowest BCUT2D eigenvalue weighted by atomic mass is 10.1. The van der Waals surface area contributed by atoms with E-state index in [1.807, 2.05) is 0 Å². The van der Waals surface area contributed by atoms with Crippen molar-refractivity contribution in [1.82, 2.24) is 25.3 Å². The Bertz CT molecular complexity index is 1030. The van der Waals surface area contributed by atoms with E-state index in [4.69, 9.17) is 4.74 Å². The summed E-state index contributed by atoms with van der Waals surface area (Å²) in [6.45, 7) is 1.40. The molecule has 7 nitrogen and oxygen atoms in total. The molecule has 10 heteroatoms. The summed E-state index contributed by atoms with van der Waals surface area (Å²) in [6.07, 6.45) is -1.27. The number of benzene rings is 1. The Kier molecular flexibility index (Phi) is 5.20. The van der Waals surface area contributed by atoms with E-state index in [0.29, 0.717) is 29.9 Å². The van der Waals surface area contributed by atoms with Gasteiger partial charge in [-0.05, 0) is 23.8 Å². The lowest BCUT2D eigenvalue weighted by molar-refractivity contribution is -0.137. The van der Waals surface area contributed by atoms with Gasteiger partial charge in [0.2, 0.25) is 5.56 Å². The topological polar surface area (TPSA) is 84.8 Å². The lowest BCUT2D eigenvalue weighted by Gasteiger charge is -2.19. The number of halogens is 3. The van der Waals surface area contributed by atoms with Gasteiger partial charge < -0.3 is 15.0 Å². The average molecular weight is 405 g/mol. The van der Waals surface area contributed by atoms with E-state index in [9.17, 15) is 18.0 Å². The van der Waals surface area contributed by atoms with Crippen molar-refractivity contribution in [3.05, 3.63) is 70.3 Å². The first-order valence-electron chi connectivity index (χ1n) is 8.99. The number of alkyl halides is 3. The molecule has 1 fully saturated rings. The smallest absolute Gasteiger partial charge is 0.370 e. The number of pyridine rings is 1. The third-order valence-electron chi connectivity index (χ3n) is 4.79. The molecule has 1 aliphatic heterocycles. The normalized spacial score (nSPS) is 19.6. The molecule has 0 spiro atoms. The molecule has 0 bridgehead atoms. The van der Waals surface area contributed by atoms with Crippen LogP contribution in [0.1, 0.15) is 17.2 Å². The Hall–Kier alpha value is -2.98. The van der Waals surface area contributed by atoms with Gasteiger partial charge in [0.25, 0.3) is 0 Å².